The molecule has 1 aliphatic heterocycles. The summed E-state index contributed by atoms with van der Waals surface area (Å²) in [6.07, 6.45) is 3.31. The fourth-order valence-corrected chi connectivity index (χ4v) is 4.31. The van der Waals surface area contributed by atoms with Gasteiger partial charge in [0.15, 0.2) is 17.5 Å². The van der Waals surface area contributed by atoms with E-state index in [9.17, 15) is 8.78 Å². The van der Waals surface area contributed by atoms with E-state index in [2.05, 4.69) is 30.4 Å². The van der Waals surface area contributed by atoms with Gasteiger partial charge < -0.3 is 9.42 Å². The van der Waals surface area contributed by atoms with Gasteiger partial charge >= 0.3 is 0 Å². The molecule has 11 heteroatoms. The second-order valence-corrected chi connectivity index (χ2v) is 8.35. The summed E-state index contributed by atoms with van der Waals surface area (Å²) in [5.41, 5.74) is 5.02. The molecule has 0 atom stereocenters. The molecule has 1 aliphatic rings. The lowest BCUT2D eigenvalue weighted by molar-refractivity contribution is 0.421. The molecular formula is C24H20F2N8O. The molecule has 0 unspecified atom stereocenters. The predicted molar refractivity (Wildman–Crippen MR) is 122 cm³/mol. The first-order valence-corrected chi connectivity index (χ1v) is 11.1. The molecule has 35 heavy (non-hydrogen) atoms. The molecule has 0 aliphatic carbocycles. The van der Waals surface area contributed by atoms with Crippen LogP contribution in [0, 0.1) is 18.6 Å². The summed E-state index contributed by atoms with van der Waals surface area (Å²) in [4.78, 5) is 10.6. The average molecular weight is 474 g/mol. The highest BCUT2D eigenvalue weighted by molar-refractivity contribution is 5.63. The van der Waals surface area contributed by atoms with Gasteiger partial charge in [-0.2, -0.15) is 10.2 Å². The maximum atomic E-state index is 14.8. The Balaban J connectivity index is 1.38. The molecule has 0 bridgehead atoms. The summed E-state index contributed by atoms with van der Waals surface area (Å²) in [6.45, 7) is 3.18. The van der Waals surface area contributed by atoms with Crippen molar-refractivity contribution in [3.8, 4) is 22.9 Å². The van der Waals surface area contributed by atoms with Gasteiger partial charge in [0.2, 0.25) is 0 Å². The van der Waals surface area contributed by atoms with Crippen LogP contribution in [-0.4, -0.2) is 41.6 Å². The van der Waals surface area contributed by atoms with E-state index in [0.29, 0.717) is 42.2 Å². The first-order chi connectivity index (χ1) is 17.1. The molecule has 0 saturated carbocycles. The normalized spacial score (nSPS) is 13.3. The Morgan fingerprint density at radius 2 is 2.00 bits per heavy atom. The number of anilines is 1. The maximum absolute atomic E-state index is 14.8. The number of aromatic nitrogens is 7. The van der Waals surface area contributed by atoms with Crippen molar-refractivity contribution < 1.29 is 13.3 Å². The highest BCUT2D eigenvalue weighted by Crippen LogP contribution is 2.29. The number of H-pyrrole nitrogens is 1. The van der Waals surface area contributed by atoms with Crippen LogP contribution in [0.3, 0.4) is 0 Å². The minimum Gasteiger partial charge on any atom is -0.364 e. The number of aryl methyl sites for hydroxylation is 1. The van der Waals surface area contributed by atoms with Crippen LogP contribution in [0.15, 0.2) is 53.4 Å². The van der Waals surface area contributed by atoms with Crippen LogP contribution < -0.4 is 4.90 Å². The van der Waals surface area contributed by atoms with Crippen LogP contribution in [0.5, 0.6) is 0 Å². The van der Waals surface area contributed by atoms with Gasteiger partial charge in [0.1, 0.15) is 23.5 Å². The zero-order valence-corrected chi connectivity index (χ0v) is 18.7. The second-order valence-electron chi connectivity index (χ2n) is 8.35. The van der Waals surface area contributed by atoms with Crippen LogP contribution in [0.25, 0.3) is 22.9 Å². The third-order valence-corrected chi connectivity index (χ3v) is 6.15. The molecule has 0 saturated heterocycles. The van der Waals surface area contributed by atoms with Crippen LogP contribution in [0.2, 0.25) is 0 Å². The van der Waals surface area contributed by atoms with Crippen LogP contribution in [0.4, 0.5) is 14.6 Å². The van der Waals surface area contributed by atoms with E-state index in [1.165, 1.54) is 12.3 Å². The number of hydrogen-bond donors (Lipinski definition) is 1. The molecule has 0 radical (unpaired) electrons. The van der Waals surface area contributed by atoms with Gasteiger partial charge in [0.05, 0.1) is 24.1 Å². The average Bonchev–Trinajstić information content (AvgIpc) is 3.61. The Morgan fingerprint density at radius 1 is 1.11 bits per heavy atom. The number of rotatable bonds is 5. The summed E-state index contributed by atoms with van der Waals surface area (Å²) in [5.74, 6) is -0.392. The Hall–Kier alpha value is -4.41. The maximum Gasteiger partial charge on any atom is 0.183 e. The molecule has 9 nitrogen and oxygen atoms in total. The number of aromatic amines is 1. The van der Waals surface area contributed by atoms with Crippen molar-refractivity contribution in [2.75, 3.05) is 11.4 Å². The smallest absolute Gasteiger partial charge is 0.183 e. The quantitative estimate of drug-likeness (QED) is 0.412. The van der Waals surface area contributed by atoms with Crippen molar-refractivity contribution in [3.63, 3.8) is 0 Å². The van der Waals surface area contributed by atoms with E-state index in [4.69, 9.17) is 4.52 Å². The lowest BCUT2D eigenvalue weighted by atomic mass is 10.1. The Kier molecular flexibility index (Phi) is 5.09. The fourth-order valence-electron chi connectivity index (χ4n) is 4.31. The lowest BCUT2D eigenvalue weighted by Crippen LogP contribution is -2.32. The summed E-state index contributed by atoms with van der Waals surface area (Å²) in [6, 6.07) is 9.92. The molecule has 1 N–H and O–H groups in total. The van der Waals surface area contributed by atoms with E-state index in [1.807, 2.05) is 11.8 Å². The van der Waals surface area contributed by atoms with Crippen molar-refractivity contribution in [2.45, 2.75) is 26.4 Å². The van der Waals surface area contributed by atoms with E-state index < -0.39 is 5.82 Å². The molecule has 0 fully saturated rings. The number of nitrogens with one attached hydrogen (secondary N) is 1. The largest absolute Gasteiger partial charge is 0.364 e. The molecule has 4 aromatic heterocycles. The molecule has 1 aromatic carbocycles. The number of fused-ring (bicyclic) bond motifs is 1. The second kappa shape index (κ2) is 8.42. The Morgan fingerprint density at radius 3 is 2.83 bits per heavy atom. The SMILES string of the molecule is Cc1n[nH]c2c1CN(c1nc(-c3cc(-c4ccon4)n(Cc4ccccc4F)n3)ncc1F)CC2. The molecule has 5 aromatic rings. The molecular weight excluding hydrogens is 454 g/mol. The van der Waals surface area contributed by atoms with Gasteiger partial charge in [-0.15, -0.1) is 0 Å². The number of halogens is 2. The third kappa shape index (κ3) is 3.84. The number of hydrogen-bond acceptors (Lipinski definition) is 7. The lowest BCUT2D eigenvalue weighted by Gasteiger charge is -2.28. The van der Waals surface area contributed by atoms with Gasteiger partial charge in [0.25, 0.3) is 0 Å². The predicted octanol–water partition coefficient (Wildman–Crippen LogP) is 3.92. The Labute approximate surface area is 198 Å². The zero-order chi connectivity index (χ0) is 23.9. The summed E-state index contributed by atoms with van der Waals surface area (Å²) in [5, 5.41) is 15.9. The summed E-state index contributed by atoms with van der Waals surface area (Å²) >= 11 is 0. The van der Waals surface area contributed by atoms with Crippen molar-refractivity contribution in [1.82, 2.24) is 35.1 Å². The van der Waals surface area contributed by atoms with Crippen LogP contribution >= 0.6 is 0 Å². The van der Waals surface area contributed by atoms with Crippen LogP contribution in [0.1, 0.15) is 22.5 Å². The van der Waals surface area contributed by atoms with Gasteiger partial charge in [-0.3, -0.25) is 9.78 Å². The van der Waals surface area contributed by atoms with E-state index in [1.54, 1.807) is 35.0 Å². The molecule has 5 heterocycles. The van der Waals surface area contributed by atoms with Gasteiger partial charge in [0, 0.05) is 42.4 Å². The summed E-state index contributed by atoms with van der Waals surface area (Å²) < 4.78 is 35.8. The Bertz CT molecular complexity index is 1510. The number of benzene rings is 1. The minimum atomic E-state index is -0.513. The monoisotopic (exact) mass is 474 g/mol. The van der Waals surface area contributed by atoms with E-state index in [0.717, 1.165) is 23.1 Å². The summed E-state index contributed by atoms with van der Waals surface area (Å²) in [7, 11) is 0. The topological polar surface area (TPSA) is 102 Å². The molecule has 0 spiro atoms. The van der Waals surface area contributed by atoms with Gasteiger partial charge in [-0.1, -0.05) is 23.4 Å². The van der Waals surface area contributed by atoms with E-state index >= 15 is 0 Å². The third-order valence-electron chi connectivity index (χ3n) is 6.15. The van der Waals surface area contributed by atoms with Crippen molar-refractivity contribution >= 4 is 5.82 Å². The first-order valence-electron chi connectivity index (χ1n) is 11.1. The van der Waals surface area contributed by atoms with Crippen LogP contribution in [-0.2, 0) is 19.5 Å². The standard InChI is InChI=1S/C24H20F2N8O/c1-14-16-13-33(8-6-19(16)30-29-14)24-18(26)11-27-23(28-24)21-10-22(20-7-9-35-32-20)34(31-21)12-15-4-2-3-5-17(15)25/h2-5,7,9-11H,6,8,12-13H2,1H3,(H,29,30). The highest BCUT2D eigenvalue weighted by Gasteiger charge is 2.25. The zero-order valence-electron chi connectivity index (χ0n) is 18.7. The molecule has 0 amide bonds. The van der Waals surface area contributed by atoms with Crippen molar-refractivity contribution in [3.05, 3.63) is 83.0 Å². The van der Waals surface area contributed by atoms with Gasteiger partial charge in [-0.05, 0) is 19.1 Å². The number of nitrogens with zero attached hydrogens (tertiary/aromatic N) is 7. The molecule has 6 rings (SSSR count). The molecule has 176 valence electrons. The highest BCUT2D eigenvalue weighted by atomic mass is 19.1. The van der Waals surface area contributed by atoms with Crippen molar-refractivity contribution in [2.24, 2.45) is 0 Å². The first kappa shape index (κ1) is 21.1. The fraction of sp³-hybridized carbons (Fsp3) is 0.208. The van der Waals surface area contributed by atoms with Gasteiger partial charge in [-0.25, -0.2) is 18.7 Å². The minimum absolute atomic E-state index is 0.164. The van der Waals surface area contributed by atoms with E-state index in [-0.39, 0.29) is 24.0 Å². The van der Waals surface area contributed by atoms with Crippen molar-refractivity contribution in [1.29, 1.82) is 0 Å².